The zero-order valence-corrected chi connectivity index (χ0v) is 7.86. The van der Waals surface area contributed by atoms with E-state index in [9.17, 15) is 9.59 Å². The Labute approximate surface area is 82.4 Å². The number of anilines is 1. The number of hydrogen-bond acceptors (Lipinski definition) is 2. The Morgan fingerprint density at radius 3 is 2.86 bits per heavy atom. The lowest BCUT2D eigenvalue weighted by atomic mass is 10.2. The van der Waals surface area contributed by atoms with Crippen molar-refractivity contribution in [2.24, 2.45) is 0 Å². The molecule has 0 bridgehead atoms. The summed E-state index contributed by atoms with van der Waals surface area (Å²) in [7, 11) is 0. The van der Waals surface area contributed by atoms with Gasteiger partial charge in [0.05, 0.1) is 0 Å². The van der Waals surface area contributed by atoms with Crippen LogP contribution >= 0.6 is 0 Å². The summed E-state index contributed by atoms with van der Waals surface area (Å²) in [6.07, 6.45) is 3.82. The number of allylic oxidation sites excluding steroid dienone is 1. The largest absolute Gasteiger partial charge is 0.323 e. The summed E-state index contributed by atoms with van der Waals surface area (Å²) < 4.78 is 0. The van der Waals surface area contributed by atoms with Crippen LogP contribution in [0, 0.1) is 0 Å². The first kappa shape index (κ1) is 10.2. The van der Waals surface area contributed by atoms with Gasteiger partial charge in [-0.15, -0.1) is 0 Å². The molecule has 0 fully saturated rings. The van der Waals surface area contributed by atoms with Gasteiger partial charge >= 0.3 is 0 Å². The van der Waals surface area contributed by atoms with E-state index in [2.05, 4.69) is 5.32 Å². The molecule has 0 aliphatic carbocycles. The zero-order valence-electron chi connectivity index (χ0n) is 7.86. The van der Waals surface area contributed by atoms with Gasteiger partial charge in [0.25, 0.3) is 0 Å². The quantitative estimate of drug-likeness (QED) is 0.584. The van der Waals surface area contributed by atoms with Gasteiger partial charge in [-0.2, -0.15) is 0 Å². The molecule has 3 nitrogen and oxygen atoms in total. The van der Waals surface area contributed by atoms with Crippen LogP contribution in [0.15, 0.2) is 36.4 Å². The Morgan fingerprint density at radius 1 is 1.43 bits per heavy atom. The van der Waals surface area contributed by atoms with Crippen molar-refractivity contribution in [3.63, 3.8) is 0 Å². The van der Waals surface area contributed by atoms with Gasteiger partial charge in [-0.1, -0.05) is 18.2 Å². The minimum atomic E-state index is -0.199. The van der Waals surface area contributed by atoms with E-state index in [1.807, 2.05) is 0 Å². The van der Waals surface area contributed by atoms with Crippen molar-refractivity contribution in [3.8, 4) is 0 Å². The van der Waals surface area contributed by atoms with Crippen LogP contribution < -0.4 is 5.32 Å². The Kier molecular flexibility index (Phi) is 3.61. The van der Waals surface area contributed by atoms with Crippen molar-refractivity contribution < 1.29 is 9.59 Å². The van der Waals surface area contributed by atoms with E-state index in [1.165, 1.54) is 6.08 Å². The Balaban J connectivity index is 2.76. The lowest BCUT2D eigenvalue weighted by molar-refractivity contribution is -0.111. The number of nitrogens with one attached hydrogen (secondary N) is 1. The summed E-state index contributed by atoms with van der Waals surface area (Å²) in [5.74, 6) is -0.199. The van der Waals surface area contributed by atoms with Gasteiger partial charge in [0.2, 0.25) is 5.91 Å². The molecule has 0 heterocycles. The number of benzene rings is 1. The van der Waals surface area contributed by atoms with Gasteiger partial charge in [-0.3, -0.25) is 9.59 Å². The van der Waals surface area contributed by atoms with Gasteiger partial charge < -0.3 is 5.32 Å². The lowest BCUT2D eigenvalue weighted by Gasteiger charge is -2.01. The van der Waals surface area contributed by atoms with Gasteiger partial charge in [0, 0.05) is 11.3 Å². The van der Waals surface area contributed by atoms with Crippen LogP contribution in [0.5, 0.6) is 0 Å². The summed E-state index contributed by atoms with van der Waals surface area (Å²) in [5, 5.41) is 2.63. The molecule has 14 heavy (non-hydrogen) atoms. The van der Waals surface area contributed by atoms with Gasteiger partial charge in [-0.25, -0.2) is 0 Å². The van der Waals surface area contributed by atoms with Crippen LogP contribution in [0.4, 0.5) is 5.69 Å². The fourth-order valence-corrected chi connectivity index (χ4v) is 1.03. The third kappa shape index (κ3) is 2.86. The molecule has 1 rings (SSSR count). The smallest absolute Gasteiger partial charge is 0.248 e. The van der Waals surface area contributed by atoms with Crippen LogP contribution in [-0.2, 0) is 4.79 Å². The monoisotopic (exact) mass is 189 g/mol. The van der Waals surface area contributed by atoms with Crippen molar-refractivity contribution >= 4 is 17.9 Å². The standard InChI is InChI=1S/C11H11NO2/c1-2-4-11(14)12-10-6-3-5-9(7-10)8-13/h2-8H,1H3,(H,12,14)/b4-2+. The highest BCUT2D eigenvalue weighted by atomic mass is 16.1. The van der Waals surface area contributed by atoms with Crippen LogP contribution in [0.1, 0.15) is 17.3 Å². The summed E-state index contributed by atoms with van der Waals surface area (Å²) >= 11 is 0. The molecule has 0 saturated carbocycles. The first-order chi connectivity index (χ1) is 6.76. The number of rotatable bonds is 3. The Morgan fingerprint density at radius 2 is 2.21 bits per heavy atom. The van der Waals surface area contributed by atoms with E-state index in [0.717, 1.165) is 6.29 Å². The maximum atomic E-state index is 11.1. The highest BCUT2D eigenvalue weighted by Gasteiger charge is 1.97. The van der Waals surface area contributed by atoms with Crippen LogP contribution in [0.2, 0.25) is 0 Å². The second-order valence-corrected chi connectivity index (χ2v) is 2.73. The molecule has 0 atom stereocenters. The van der Waals surface area contributed by atoms with Crippen LogP contribution in [-0.4, -0.2) is 12.2 Å². The highest BCUT2D eigenvalue weighted by Crippen LogP contribution is 2.08. The third-order valence-corrected chi connectivity index (χ3v) is 1.61. The molecular formula is C11H11NO2. The molecule has 1 aromatic carbocycles. The van der Waals surface area contributed by atoms with E-state index < -0.39 is 0 Å². The van der Waals surface area contributed by atoms with Crippen molar-refractivity contribution in [2.75, 3.05) is 5.32 Å². The molecule has 0 aromatic heterocycles. The summed E-state index contributed by atoms with van der Waals surface area (Å²) in [6, 6.07) is 6.75. The highest BCUT2D eigenvalue weighted by molar-refractivity contribution is 5.99. The second-order valence-electron chi connectivity index (χ2n) is 2.73. The second kappa shape index (κ2) is 4.97. The molecule has 0 spiro atoms. The fraction of sp³-hybridized carbons (Fsp3) is 0.0909. The average Bonchev–Trinajstić information content (AvgIpc) is 2.18. The van der Waals surface area contributed by atoms with Crippen molar-refractivity contribution in [1.82, 2.24) is 0 Å². The van der Waals surface area contributed by atoms with Crippen LogP contribution in [0.3, 0.4) is 0 Å². The summed E-state index contributed by atoms with van der Waals surface area (Å²) in [4.78, 5) is 21.6. The SMILES string of the molecule is C/C=C/C(=O)Nc1cccc(C=O)c1. The maximum absolute atomic E-state index is 11.1. The predicted octanol–water partition coefficient (Wildman–Crippen LogP) is 2.01. The van der Waals surface area contributed by atoms with E-state index in [-0.39, 0.29) is 5.91 Å². The molecule has 72 valence electrons. The molecule has 0 aliphatic rings. The van der Waals surface area contributed by atoms with Gasteiger partial charge in [0.1, 0.15) is 6.29 Å². The molecule has 1 amide bonds. The van der Waals surface area contributed by atoms with Crippen LogP contribution in [0.25, 0.3) is 0 Å². The number of carbonyl (C=O) groups excluding carboxylic acids is 2. The number of amides is 1. The Hall–Kier alpha value is -1.90. The number of aldehydes is 1. The summed E-state index contributed by atoms with van der Waals surface area (Å²) in [5.41, 5.74) is 1.17. The maximum Gasteiger partial charge on any atom is 0.248 e. The molecule has 0 aliphatic heterocycles. The third-order valence-electron chi connectivity index (χ3n) is 1.61. The topological polar surface area (TPSA) is 46.2 Å². The fourth-order valence-electron chi connectivity index (χ4n) is 1.03. The van der Waals surface area contributed by atoms with E-state index >= 15 is 0 Å². The average molecular weight is 189 g/mol. The van der Waals surface area contributed by atoms with E-state index in [4.69, 9.17) is 0 Å². The molecule has 3 heteroatoms. The van der Waals surface area contributed by atoms with E-state index in [0.29, 0.717) is 11.3 Å². The number of hydrogen-bond donors (Lipinski definition) is 1. The first-order valence-electron chi connectivity index (χ1n) is 4.25. The predicted molar refractivity (Wildman–Crippen MR) is 55.3 cm³/mol. The van der Waals surface area contributed by atoms with Crippen molar-refractivity contribution in [3.05, 3.63) is 42.0 Å². The van der Waals surface area contributed by atoms with Gasteiger partial charge in [-0.05, 0) is 25.1 Å². The first-order valence-corrected chi connectivity index (χ1v) is 4.25. The minimum absolute atomic E-state index is 0.199. The molecular weight excluding hydrogens is 178 g/mol. The normalized spacial score (nSPS) is 10.1. The summed E-state index contributed by atoms with van der Waals surface area (Å²) in [6.45, 7) is 1.77. The molecule has 0 unspecified atom stereocenters. The molecule has 1 N–H and O–H groups in total. The minimum Gasteiger partial charge on any atom is -0.323 e. The molecule has 1 aromatic rings. The Bertz CT molecular complexity index is 369. The molecule has 0 saturated heterocycles. The van der Waals surface area contributed by atoms with Gasteiger partial charge in [0.15, 0.2) is 0 Å². The zero-order chi connectivity index (χ0) is 10.4. The van der Waals surface area contributed by atoms with Crippen molar-refractivity contribution in [1.29, 1.82) is 0 Å². The number of carbonyl (C=O) groups is 2. The lowest BCUT2D eigenvalue weighted by Crippen LogP contribution is -2.07. The van der Waals surface area contributed by atoms with E-state index in [1.54, 1.807) is 37.3 Å². The molecule has 0 radical (unpaired) electrons. The van der Waals surface area contributed by atoms with Crippen molar-refractivity contribution in [2.45, 2.75) is 6.92 Å².